The molecule has 1 atom stereocenters. The number of ether oxygens (including phenoxy) is 1. The molecule has 0 aliphatic rings. The second kappa shape index (κ2) is 15.5. The van der Waals surface area contributed by atoms with E-state index in [1.807, 2.05) is 61.5 Å². The molecular formula is C34H36BrN3O5S. The van der Waals surface area contributed by atoms with E-state index in [-0.39, 0.29) is 29.5 Å². The summed E-state index contributed by atoms with van der Waals surface area (Å²) < 4.78 is 35.4. The highest BCUT2D eigenvalue weighted by atomic mass is 79.9. The van der Waals surface area contributed by atoms with Crippen molar-refractivity contribution in [1.29, 1.82) is 0 Å². The molecular weight excluding hydrogens is 642 g/mol. The van der Waals surface area contributed by atoms with E-state index >= 15 is 0 Å². The van der Waals surface area contributed by atoms with E-state index in [0.717, 1.165) is 26.3 Å². The Hall–Kier alpha value is -4.15. The number of methoxy groups -OCH3 is 1. The lowest BCUT2D eigenvalue weighted by Gasteiger charge is -2.34. The molecule has 10 heteroatoms. The highest BCUT2D eigenvalue weighted by Gasteiger charge is 2.34. The third kappa shape index (κ3) is 8.48. The average Bonchev–Trinajstić information content (AvgIpc) is 3.04. The first-order valence-electron chi connectivity index (χ1n) is 14.3. The summed E-state index contributed by atoms with van der Waals surface area (Å²) in [4.78, 5) is 29.7. The number of rotatable bonds is 14. The molecule has 0 spiro atoms. The number of benzene rings is 4. The maximum atomic E-state index is 14.5. The second-order valence-electron chi connectivity index (χ2n) is 10.2. The van der Waals surface area contributed by atoms with Crippen LogP contribution in [0.1, 0.15) is 24.5 Å². The molecule has 0 saturated heterocycles. The quantitative estimate of drug-likeness (QED) is 0.182. The SMILES string of the molecule is CCCNC(=O)[C@@H](Cc1ccccc1)N(Cc1cccc(Br)c1)C(=O)CN(c1cccc(OC)c1)S(=O)(=O)c1ccccc1. The monoisotopic (exact) mass is 677 g/mol. The first kappa shape index (κ1) is 32.8. The van der Waals surface area contributed by atoms with Crippen LogP contribution < -0.4 is 14.4 Å². The molecule has 0 unspecified atom stereocenters. The van der Waals surface area contributed by atoms with Crippen LogP contribution in [0, 0.1) is 0 Å². The Kier molecular flexibility index (Phi) is 11.6. The Morgan fingerprint density at radius 1 is 0.864 bits per heavy atom. The number of hydrogen-bond donors (Lipinski definition) is 1. The molecule has 0 radical (unpaired) electrons. The number of halogens is 1. The van der Waals surface area contributed by atoms with E-state index in [1.165, 1.54) is 24.1 Å². The summed E-state index contributed by atoms with van der Waals surface area (Å²) >= 11 is 3.50. The van der Waals surface area contributed by atoms with Crippen LogP contribution in [-0.4, -0.2) is 51.4 Å². The number of carbonyl (C=O) groups is 2. The molecule has 0 aliphatic heterocycles. The van der Waals surface area contributed by atoms with Gasteiger partial charge < -0.3 is 15.0 Å². The Labute approximate surface area is 267 Å². The number of sulfonamides is 1. The molecule has 0 bridgehead atoms. The molecule has 0 aromatic heterocycles. The summed E-state index contributed by atoms with van der Waals surface area (Å²) in [5.74, 6) is -0.395. The largest absolute Gasteiger partial charge is 0.497 e. The molecule has 0 heterocycles. The van der Waals surface area contributed by atoms with Gasteiger partial charge in [0.15, 0.2) is 0 Å². The first-order valence-corrected chi connectivity index (χ1v) is 16.5. The Morgan fingerprint density at radius 2 is 1.52 bits per heavy atom. The van der Waals surface area contributed by atoms with Crippen molar-refractivity contribution in [3.63, 3.8) is 0 Å². The van der Waals surface area contributed by atoms with Gasteiger partial charge in [0, 0.05) is 30.0 Å². The number of nitrogens with zero attached hydrogens (tertiary/aromatic N) is 2. The van der Waals surface area contributed by atoms with Gasteiger partial charge in [-0.25, -0.2) is 8.42 Å². The van der Waals surface area contributed by atoms with Crippen LogP contribution in [0.25, 0.3) is 0 Å². The number of nitrogens with one attached hydrogen (secondary N) is 1. The fourth-order valence-electron chi connectivity index (χ4n) is 4.77. The summed E-state index contributed by atoms with van der Waals surface area (Å²) in [5.41, 5.74) is 1.92. The highest BCUT2D eigenvalue weighted by Crippen LogP contribution is 2.28. The van der Waals surface area contributed by atoms with Crippen LogP contribution in [0.2, 0.25) is 0 Å². The highest BCUT2D eigenvalue weighted by molar-refractivity contribution is 9.10. The van der Waals surface area contributed by atoms with Gasteiger partial charge in [0.1, 0.15) is 18.3 Å². The van der Waals surface area contributed by atoms with Gasteiger partial charge in [-0.15, -0.1) is 0 Å². The summed E-state index contributed by atoms with van der Waals surface area (Å²) in [5, 5.41) is 2.95. The third-order valence-electron chi connectivity index (χ3n) is 7.01. The summed E-state index contributed by atoms with van der Waals surface area (Å²) in [6.07, 6.45) is 0.975. The predicted octanol–water partition coefficient (Wildman–Crippen LogP) is 5.82. The first-order chi connectivity index (χ1) is 21.2. The van der Waals surface area contributed by atoms with Crippen LogP contribution in [0.5, 0.6) is 5.75 Å². The van der Waals surface area contributed by atoms with Gasteiger partial charge in [0.2, 0.25) is 11.8 Å². The molecule has 0 fully saturated rings. The van der Waals surface area contributed by atoms with Crippen LogP contribution in [-0.2, 0) is 32.6 Å². The lowest BCUT2D eigenvalue weighted by Crippen LogP contribution is -2.53. The van der Waals surface area contributed by atoms with Crippen molar-refractivity contribution in [1.82, 2.24) is 10.2 Å². The van der Waals surface area contributed by atoms with Crippen LogP contribution >= 0.6 is 15.9 Å². The van der Waals surface area contributed by atoms with Gasteiger partial charge >= 0.3 is 0 Å². The predicted molar refractivity (Wildman–Crippen MR) is 176 cm³/mol. The average molecular weight is 679 g/mol. The minimum Gasteiger partial charge on any atom is -0.497 e. The molecule has 44 heavy (non-hydrogen) atoms. The van der Waals surface area contributed by atoms with Crippen molar-refractivity contribution < 1.29 is 22.7 Å². The fraction of sp³-hybridized carbons (Fsp3) is 0.235. The van der Waals surface area contributed by atoms with E-state index in [9.17, 15) is 18.0 Å². The molecule has 4 aromatic rings. The lowest BCUT2D eigenvalue weighted by molar-refractivity contribution is -0.140. The smallest absolute Gasteiger partial charge is 0.264 e. The van der Waals surface area contributed by atoms with Gasteiger partial charge in [-0.05, 0) is 53.9 Å². The minimum atomic E-state index is -4.18. The Balaban J connectivity index is 1.80. The fourth-order valence-corrected chi connectivity index (χ4v) is 6.64. The molecule has 230 valence electrons. The number of anilines is 1. The Bertz CT molecular complexity index is 1650. The Morgan fingerprint density at radius 3 is 2.18 bits per heavy atom. The van der Waals surface area contributed by atoms with Gasteiger partial charge in [-0.3, -0.25) is 13.9 Å². The van der Waals surface area contributed by atoms with Crippen molar-refractivity contribution >= 4 is 43.5 Å². The normalized spacial score (nSPS) is 11.8. The van der Waals surface area contributed by atoms with Crippen molar-refractivity contribution in [3.8, 4) is 5.75 Å². The topological polar surface area (TPSA) is 96.0 Å². The van der Waals surface area contributed by atoms with E-state index in [2.05, 4.69) is 21.2 Å². The summed E-state index contributed by atoms with van der Waals surface area (Å²) in [7, 11) is -2.69. The maximum absolute atomic E-state index is 14.5. The van der Waals surface area contributed by atoms with Gasteiger partial charge in [-0.2, -0.15) is 0 Å². The van der Waals surface area contributed by atoms with E-state index in [4.69, 9.17) is 4.74 Å². The second-order valence-corrected chi connectivity index (χ2v) is 13.0. The number of hydrogen-bond acceptors (Lipinski definition) is 5. The third-order valence-corrected chi connectivity index (χ3v) is 9.29. The van der Waals surface area contributed by atoms with Crippen LogP contribution in [0.15, 0.2) is 119 Å². The zero-order chi connectivity index (χ0) is 31.5. The summed E-state index contributed by atoms with van der Waals surface area (Å²) in [6.45, 7) is 1.95. The van der Waals surface area contributed by atoms with E-state index in [1.54, 1.807) is 42.5 Å². The van der Waals surface area contributed by atoms with E-state index in [0.29, 0.717) is 12.3 Å². The number of carbonyl (C=O) groups excluding carboxylic acids is 2. The zero-order valence-corrected chi connectivity index (χ0v) is 27.1. The van der Waals surface area contributed by atoms with E-state index < -0.39 is 28.5 Å². The maximum Gasteiger partial charge on any atom is 0.264 e. The molecule has 4 rings (SSSR count). The van der Waals surface area contributed by atoms with Gasteiger partial charge in [-0.1, -0.05) is 89.6 Å². The molecule has 0 saturated carbocycles. The van der Waals surface area contributed by atoms with Crippen molar-refractivity contribution in [2.75, 3.05) is 24.5 Å². The van der Waals surface area contributed by atoms with Crippen molar-refractivity contribution in [2.45, 2.75) is 37.2 Å². The molecule has 1 N–H and O–H groups in total. The zero-order valence-electron chi connectivity index (χ0n) is 24.7. The van der Waals surface area contributed by atoms with Crippen molar-refractivity contribution in [3.05, 3.63) is 125 Å². The lowest BCUT2D eigenvalue weighted by atomic mass is 10.0. The van der Waals surface area contributed by atoms with Gasteiger partial charge in [0.05, 0.1) is 17.7 Å². The van der Waals surface area contributed by atoms with Crippen LogP contribution in [0.4, 0.5) is 5.69 Å². The number of amides is 2. The summed E-state index contributed by atoms with van der Waals surface area (Å²) in [6, 6.07) is 30.6. The molecule has 0 aliphatic carbocycles. The molecule has 8 nitrogen and oxygen atoms in total. The molecule has 4 aromatic carbocycles. The molecule has 2 amide bonds. The minimum absolute atomic E-state index is 0.0377. The van der Waals surface area contributed by atoms with Crippen molar-refractivity contribution in [2.24, 2.45) is 0 Å². The van der Waals surface area contributed by atoms with Gasteiger partial charge in [0.25, 0.3) is 10.0 Å². The standard InChI is InChI=1S/C34H36BrN3O5S/c1-3-20-36-34(40)32(22-26-12-6-4-7-13-26)37(24-27-14-10-15-28(35)21-27)33(39)25-38(29-16-11-17-30(23-29)43-2)44(41,42)31-18-8-5-9-19-31/h4-19,21,23,32H,3,20,22,24-25H2,1-2H3,(H,36,40)/t32-/m1/s1. The van der Waals surface area contributed by atoms with Crippen LogP contribution in [0.3, 0.4) is 0 Å².